The van der Waals surface area contributed by atoms with Gasteiger partial charge in [0.2, 0.25) is 5.91 Å². The molecule has 0 aliphatic heterocycles. The third-order valence-electron chi connectivity index (χ3n) is 4.67. The van der Waals surface area contributed by atoms with Crippen LogP contribution < -0.4 is 5.32 Å². The third-order valence-corrected chi connectivity index (χ3v) is 6.03. The van der Waals surface area contributed by atoms with Crippen LogP contribution >= 0.6 is 22.9 Å². The SMILES string of the molecule is CC(CC(=N)c1nc2ccc(NC(=O)C=Cc3ccc(F)c(Cl)c3)cc2s1)N(C)C. The molecule has 2 N–H and O–H groups in total. The number of carbonyl (C=O) groups is 1. The van der Waals surface area contributed by atoms with Crippen LogP contribution in [-0.4, -0.2) is 41.6 Å². The van der Waals surface area contributed by atoms with Crippen molar-refractivity contribution in [2.75, 3.05) is 19.4 Å². The van der Waals surface area contributed by atoms with Crippen LogP contribution in [0.2, 0.25) is 5.02 Å². The van der Waals surface area contributed by atoms with E-state index in [1.807, 2.05) is 26.2 Å². The molecule has 1 amide bonds. The number of aromatic nitrogens is 1. The van der Waals surface area contributed by atoms with Gasteiger partial charge in [0, 0.05) is 24.2 Å². The number of anilines is 1. The molecule has 1 heterocycles. The van der Waals surface area contributed by atoms with E-state index in [0.717, 1.165) is 10.2 Å². The van der Waals surface area contributed by atoms with Crippen molar-refractivity contribution in [1.29, 1.82) is 5.41 Å². The van der Waals surface area contributed by atoms with Gasteiger partial charge in [0.15, 0.2) is 0 Å². The van der Waals surface area contributed by atoms with Gasteiger partial charge in [-0.2, -0.15) is 0 Å². The number of benzene rings is 2. The molecule has 2 aromatic carbocycles. The summed E-state index contributed by atoms with van der Waals surface area (Å²) in [6.45, 7) is 2.07. The monoisotopic (exact) mass is 444 g/mol. The first kappa shape index (κ1) is 22.1. The van der Waals surface area contributed by atoms with Crippen molar-refractivity contribution >= 4 is 56.5 Å². The van der Waals surface area contributed by atoms with Crippen LogP contribution in [0.4, 0.5) is 10.1 Å². The highest BCUT2D eigenvalue weighted by atomic mass is 35.5. The fourth-order valence-corrected chi connectivity index (χ4v) is 3.82. The summed E-state index contributed by atoms with van der Waals surface area (Å²) in [4.78, 5) is 18.8. The zero-order chi connectivity index (χ0) is 21.8. The first-order valence-electron chi connectivity index (χ1n) is 9.32. The molecule has 0 saturated carbocycles. The predicted octanol–water partition coefficient (Wildman–Crippen LogP) is 5.45. The van der Waals surface area contributed by atoms with Gasteiger partial charge in [0.05, 0.1) is 21.0 Å². The highest BCUT2D eigenvalue weighted by Crippen LogP contribution is 2.26. The number of rotatable bonds is 7. The van der Waals surface area contributed by atoms with E-state index in [4.69, 9.17) is 17.0 Å². The standard InChI is InChI=1S/C22H22ClFN4OS/c1-13(28(2)3)10-18(25)22-27-19-8-6-15(12-20(19)30-22)26-21(29)9-5-14-4-7-17(24)16(23)11-14/h4-9,11-13,25H,10H2,1-3H3,(H,26,29). The van der Waals surface area contributed by atoms with E-state index in [2.05, 4.69) is 22.1 Å². The fraction of sp³-hybridized carbons (Fsp3) is 0.227. The molecule has 0 saturated heterocycles. The molecule has 5 nitrogen and oxygen atoms in total. The van der Waals surface area contributed by atoms with Crippen LogP contribution in [0.3, 0.4) is 0 Å². The summed E-state index contributed by atoms with van der Waals surface area (Å²) < 4.78 is 14.1. The second kappa shape index (κ2) is 9.47. The second-order valence-electron chi connectivity index (χ2n) is 7.19. The van der Waals surface area contributed by atoms with Gasteiger partial charge in [-0.15, -0.1) is 11.3 Å². The van der Waals surface area contributed by atoms with Crippen LogP contribution in [0, 0.1) is 11.2 Å². The summed E-state index contributed by atoms with van der Waals surface area (Å²) in [6.07, 6.45) is 3.55. The Labute approximate surface area is 183 Å². The van der Waals surface area contributed by atoms with E-state index < -0.39 is 5.82 Å². The lowest BCUT2D eigenvalue weighted by Gasteiger charge is -2.19. The first-order valence-corrected chi connectivity index (χ1v) is 10.5. The first-order chi connectivity index (χ1) is 14.2. The number of halogens is 2. The minimum absolute atomic E-state index is 0.00884. The number of nitrogens with zero attached hydrogens (tertiary/aromatic N) is 2. The van der Waals surface area contributed by atoms with E-state index in [0.29, 0.717) is 28.4 Å². The zero-order valence-electron chi connectivity index (χ0n) is 16.9. The Balaban J connectivity index is 1.69. The molecule has 3 rings (SSSR count). The molecular formula is C22H22ClFN4OS. The number of hydrogen-bond acceptors (Lipinski definition) is 5. The lowest BCUT2D eigenvalue weighted by atomic mass is 10.1. The molecule has 0 radical (unpaired) electrons. The molecule has 1 aromatic heterocycles. The minimum atomic E-state index is -0.500. The van der Waals surface area contributed by atoms with Gasteiger partial charge in [0.1, 0.15) is 10.8 Å². The van der Waals surface area contributed by atoms with Crippen molar-refractivity contribution in [3.05, 3.63) is 63.9 Å². The van der Waals surface area contributed by atoms with Gasteiger partial charge in [-0.3, -0.25) is 4.79 Å². The van der Waals surface area contributed by atoms with Crippen molar-refractivity contribution in [1.82, 2.24) is 9.88 Å². The summed E-state index contributed by atoms with van der Waals surface area (Å²) in [5, 5.41) is 11.8. The Kier molecular flexibility index (Phi) is 6.97. The molecule has 30 heavy (non-hydrogen) atoms. The number of amides is 1. The molecule has 0 fully saturated rings. The van der Waals surface area contributed by atoms with E-state index >= 15 is 0 Å². The third kappa shape index (κ3) is 5.50. The average molecular weight is 445 g/mol. The normalized spacial score (nSPS) is 12.6. The fourth-order valence-electron chi connectivity index (χ4n) is 2.67. The van der Waals surface area contributed by atoms with Gasteiger partial charge in [-0.05, 0) is 63.0 Å². The second-order valence-corrected chi connectivity index (χ2v) is 8.63. The number of hydrogen-bond donors (Lipinski definition) is 2. The van der Waals surface area contributed by atoms with Crippen LogP contribution in [0.15, 0.2) is 42.5 Å². The van der Waals surface area contributed by atoms with Gasteiger partial charge in [-0.25, -0.2) is 9.37 Å². The van der Waals surface area contributed by atoms with Crippen molar-refractivity contribution in [2.45, 2.75) is 19.4 Å². The number of fused-ring (bicyclic) bond motifs is 1. The topological polar surface area (TPSA) is 69.1 Å². The lowest BCUT2D eigenvalue weighted by Crippen LogP contribution is -2.27. The van der Waals surface area contributed by atoms with E-state index in [1.54, 1.807) is 18.2 Å². The van der Waals surface area contributed by atoms with Crippen LogP contribution in [0.1, 0.15) is 23.9 Å². The Bertz CT molecular complexity index is 1130. The Hall–Kier alpha value is -2.61. The van der Waals surface area contributed by atoms with Gasteiger partial charge in [0.25, 0.3) is 0 Å². The summed E-state index contributed by atoms with van der Waals surface area (Å²) in [5.41, 5.74) is 2.57. The highest BCUT2D eigenvalue weighted by Gasteiger charge is 2.14. The zero-order valence-corrected chi connectivity index (χ0v) is 18.4. The van der Waals surface area contributed by atoms with Crippen molar-refractivity contribution in [3.8, 4) is 0 Å². The van der Waals surface area contributed by atoms with E-state index in [-0.39, 0.29) is 17.0 Å². The van der Waals surface area contributed by atoms with Gasteiger partial charge >= 0.3 is 0 Å². The maximum absolute atomic E-state index is 13.2. The summed E-state index contributed by atoms with van der Waals surface area (Å²) >= 11 is 7.19. The van der Waals surface area contributed by atoms with E-state index in [1.165, 1.54) is 29.5 Å². The van der Waals surface area contributed by atoms with E-state index in [9.17, 15) is 9.18 Å². The number of carbonyl (C=O) groups excluding carboxylic acids is 1. The highest BCUT2D eigenvalue weighted by molar-refractivity contribution is 7.20. The largest absolute Gasteiger partial charge is 0.322 e. The molecule has 3 aromatic rings. The molecule has 156 valence electrons. The van der Waals surface area contributed by atoms with Crippen LogP contribution in [0.25, 0.3) is 16.3 Å². The summed E-state index contributed by atoms with van der Waals surface area (Å²) in [5.74, 6) is -0.813. The smallest absolute Gasteiger partial charge is 0.248 e. The van der Waals surface area contributed by atoms with Crippen LogP contribution in [-0.2, 0) is 4.79 Å². The minimum Gasteiger partial charge on any atom is -0.322 e. The summed E-state index contributed by atoms with van der Waals surface area (Å²) in [6, 6.07) is 9.96. The molecule has 8 heteroatoms. The van der Waals surface area contributed by atoms with Gasteiger partial charge < -0.3 is 15.6 Å². The van der Waals surface area contributed by atoms with Gasteiger partial charge in [-0.1, -0.05) is 17.7 Å². The Morgan fingerprint density at radius 1 is 1.33 bits per heavy atom. The number of thiazole rings is 1. The van der Waals surface area contributed by atoms with Crippen LogP contribution in [0.5, 0.6) is 0 Å². The Morgan fingerprint density at radius 2 is 2.10 bits per heavy atom. The predicted molar refractivity (Wildman–Crippen MR) is 123 cm³/mol. The average Bonchev–Trinajstić information content (AvgIpc) is 3.12. The Morgan fingerprint density at radius 3 is 2.80 bits per heavy atom. The van der Waals surface area contributed by atoms with Crippen molar-refractivity contribution in [3.63, 3.8) is 0 Å². The molecule has 0 bridgehead atoms. The quantitative estimate of drug-likeness (QED) is 0.376. The molecule has 0 spiro atoms. The molecule has 1 atom stereocenters. The molecular weight excluding hydrogens is 423 g/mol. The van der Waals surface area contributed by atoms with Crippen molar-refractivity contribution < 1.29 is 9.18 Å². The summed E-state index contributed by atoms with van der Waals surface area (Å²) in [7, 11) is 3.98. The maximum atomic E-state index is 13.2. The lowest BCUT2D eigenvalue weighted by molar-refractivity contribution is -0.111. The number of nitrogens with one attached hydrogen (secondary N) is 2. The maximum Gasteiger partial charge on any atom is 0.248 e. The molecule has 0 aliphatic rings. The molecule has 1 unspecified atom stereocenters. The van der Waals surface area contributed by atoms with Crippen molar-refractivity contribution in [2.24, 2.45) is 0 Å². The molecule has 0 aliphatic carbocycles.